The molecule has 0 bridgehead atoms. The average molecular weight is 178 g/mol. The second-order valence-electron chi connectivity index (χ2n) is 3.23. The first-order valence-electron chi connectivity index (χ1n) is 4.21. The number of rotatable bonds is 4. The van der Waals surface area contributed by atoms with Crippen molar-refractivity contribution in [2.45, 2.75) is 13.3 Å². The van der Waals surface area contributed by atoms with Crippen LogP contribution in [0, 0.1) is 5.41 Å². The van der Waals surface area contributed by atoms with Gasteiger partial charge in [-0.1, -0.05) is 30.9 Å². The standard InChI is InChI=1S/C11H18N2/c1-6-7-10(9(2)3)8-11(12)13(4)5/h6-7,12H,1-2,8H2,3-5H3/b10-7-,12-11?. The Kier molecular flexibility index (Phi) is 4.82. The lowest BCUT2D eigenvalue weighted by atomic mass is 10.0. The molecule has 72 valence electrons. The van der Waals surface area contributed by atoms with Crippen molar-refractivity contribution < 1.29 is 0 Å². The van der Waals surface area contributed by atoms with Crippen molar-refractivity contribution in [3.8, 4) is 0 Å². The Labute approximate surface area is 80.8 Å². The van der Waals surface area contributed by atoms with Crippen LogP contribution in [0.15, 0.2) is 36.5 Å². The molecule has 0 fully saturated rings. The van der Waals surface area contributed by atoms with Gasteiger partial charge in [0.2, 0.25) is 0 Å². The van der Waals surface area contributed by atoms with Gasteiger partial charge >= 0.3 is 0 Å². The Bertz CT molecular complexity index is 247. The molecule has 0 heterocycles. The van der Waals surface area contributed by atoms with Gasteiger partial charge in [-0.15, -0.1) is 0 Å². The van der Waals surface area contributed by atoms with E-state index in [0.29, 0.717) is 12.3 Å². The van der Waals surface area contributed by atoms with E-state index in [4.69, 9.17) is 5.41 Å². The van der Waals surface area contributed by atoms with Crippen LogP contribution < -0.4 is 0 Å². The van der Waals surface area contributed by atoms with Gasteiger partial charge in [-0.25, -0.2) is 0 Å². The zero-order valence-electron chi connectivity index (χ0n) is 8.72. The van der Waals surface area contributed by atoms with E-state index in [1.165, 1.54) is 0 Å². The van der Waals surface area contributed by atoms with Crippen LogP contribution in [0.25, 0.3) is 0 Å². The van der Waals surface area contributed by atoms with Gasteiger partial charge in [-0.05, 0) is 12.5 Å². The molecule has 13 heavy (non-hydrogen) atoms. The fraction of sp³-hybridized carbons (Fsp3) is 0.364. The van der Waals surface area contributed by atoms with Gasteiger partial charge in [-0.2, -0.15) is 0 Å². The lowest BCUT2D eigenvalue weighted by Crippen LogP contribution is -2.21. The van der Waals surface area contributed by atoms with Gasteiger partial charge in [0.1, 0.15) is 0 Å². The minimum absolute atomic E-state index is 0.580. The fourth-order valence-electron chi connectivity index (χ4n) is 0.833. The molecule has 0 aliphatic carbocycles. The first-order valence-corrected chi connectivity index (χ1v) is 4.21. The molecule has 0 amide bonds. The Morgan fingerprint density at radius 1 is 1.46 bits per heavy atom. The van der Waals surface area contributed by atoms with Crippen molar-refractivity contribution in [3.05, 3.63) is 36.5 Å². The number of hydrogen-bond donors (Lipinski definition) is 1. The average Bonchev–Trinajstić information content (AvgIpc) is 2.03. The lowest BCUT2D eigenvalue weighted by molar-refractivity contribution is 0.605. The highest BCUT2D eigenvalue weighted by Crippen LogP contribution is 2.12. The van der Waals surface area contributed by atoms with E-state index in [1.807, 2.05) is 27.1 Å². The normalized spacial score (nSPS) is 10.8. The summed E-state index contributed by atoms with van der Waals surface area (Å²) >= 11 is 0. The molecule has 0 radical (unpaired) electrons. The van der Waals surface area contributed by atoms with Crippen LogP contribution in [-0.4, -0.2) is 24.8 Å². The molecule has 2 heteroatoms. The second kappa shape index (κ2) is 5.36. The second-order valence-corrected chi connectivity index (χ2v) is 3.23. The van der Waals surface area contributed by atoms with Crippen LogP contribution in [0.5, 0.6) is 0 Å². The molecule has 0 saturated carbocycles. The third kappa shape index (κ3) is 4.31. The summed E-state index contributed by atoms with van der Waals surface area (Å²) in [5, 5.41) is 7.66. The minimum atomic E-state index is 0.580. The van der Waals surface area contributed by atoms with Gasteiger partial charge in [-0.3, -0.25) is 5.41 Å². The van der Waals surface area contributed by atoms with Gasteiger partial charge in [0.25, 0.3) is 0 Å². The summed E-state index contributed by atoms with van der Waals surface area (Å²) in [4.78, 5) is 1.79. The highest BCUT2D eigenvalue weighted by Gasteiger charge is 2.03. The van der Waals surface area contributed by atoms with E-state index in [-0.39, 0.29) is 0 Å². The summed E-state index contributed by atoms with van der Waals surface area (Å²) in [6.45, 7) is 9.43. The maximum Gasteiger partial charge on any atom is 0.0997 e. The predicted octanol–water partition coefficient (Wildman–Crippen LogP) is 2.60. The highest BCUT2D eigenvalue weighted by atomic mass is 15.1. The third-order valence-corrected chi connectivity index (χ3v) is 1.76. The molecule has 0 aromatic carbocycles. The topological polar surface area (TPSA) is 27.1 Å². The van der Waals surface area contributed by atoms with Crippen molar-refractivity contribution in [1.29, 1.82) is 5.41 Å². The summed E-state index contributed by atoms with van der Waals surface area (Å²) in [7, 11) is 3.73. The van der Waals surface area contributed by atoms with E-state index in [9.17, 15) is 0 Å². The quantitative estimate of drug-likeness (QED) is 0.400. The monoisotopic (exact) mass is 178 g/mol. The van der Waals surface area contributed by atoms with E-state index < -0.39 is 0 Å². The van der Waals surface area contributed by atoms with Crippen LogP contribution in [0.4, 0.5) is 0 Å². The molecule has 2 nitrogen and oxygen atoms in total. The molecule has 0 saturated heterocycles. The van der Waals surface area contributed by atoms with Crippen molar-refractivity contribution >= 4 is 5.84 Å². The Morgan fingerprint density at radius 3 is 2.31 bits per heavy atom. The summed E-state index contributed by atoms with van der Waals surface area (Å²) in [6, 6.07) is 0. The molecule has 0 rings (SSSR count). The molecule has 0 spiro atoms. The molecular formula is C11H18N2. The summed E-state index contributed by atoms with van der Waals surface area (Å²) in [5.41, 5.74) is 2.06. The van der Waals surface area contributed by atoms with Crippen LogP contribution in [-0.2, 0) is 0 Å². The minimum Gasteiger partial charge on any atom is -0.366 e. The highest BCUT2D eigenvalue weighted by molar-refractivity contribution is 5.82. The smallest absolute Gasteiger partial charge is 0.0997 e. The first-order chi connectivity index (χ1) is 5.99. The van der Waals surface area contributed by atoms with Gasteiger partial charge < -0.3 is 4.90 Å². The van der Waals surface area contributed by atoms with Crippen LogP contribution in [0.3, 0.4) is 0 Å². The van der Waals surface area contributed by atoms with Crippen LogP contribution in [0.2, 0.25) is 0 Å². The predicted molar refractivity (Wildman–Crippen MR) is 59.1 cm³/mol. The molecule has 0 atom stereocenters. The molecule has 0 aromatic rings. The molecular weight excluding hydrogens is 160 g/mol. The largest absolute Gasteiger partial charge is 0.366 e. The number of nitrogens with one attached hydrogen (secondary N) is 1. The number of hydrogen-bond acceptors (Lipinski definition) is 1. The van der Waals surface area contributed by atoms with Gasteiger partial charge in [0.05, 0.1) is 5.84 Å². The van der Waals surface area contributed by atoms with Crippen LogP contribution in [0.1, 0.15) is 13.3 Å². The molecule has 1 N–H and O–H groups in total. The van der Waals surface area contributed by atoms with Crippen molar-refractivity contribution in [2.75, 3.05) is 14.1 Å². The van der Waals surface area contributed by atoms with E-state index in [2.05, 4.69) is 13.2 Å². The zero-order chi connectivity index (χ0) is 10.4. The fourth-order valence-corrected chi connectivity index (χ4v) is 0.833. The van der Waals surface area contributed by atoms with E-state index in [0.717, 1.165) is 11.1 Å². The third-order valence-electron chi connectivity index (χ3n) is 1.76. The Hall–Kier alpha value is -1.31. The molecule has 0 aliphatic heterocycles. The summed E-state index contributed by atoms with van der Waals surface area (Å²) in [5.74, 6) is 0.580. The Morgan fingerprint density at radius 2 is 2.00 bits per heavy atom. The molecule has 0 aromatic heterocycles. The van der Waals surface area contributed by atoms with Crippen LogP contribution >= 0.6 is 0 Å². The number of amidine groups is 1. The first kappa shape index (κ1) is 11.7. The SMILES string of the molecule is C=C/C=C(/CC(=N)N(C)C)C(=C)C. The maximum atomic E-state index is 7.66. The van der Waals surface area contributed by atoms with Gasteiger partial charge in [0.15, 0.2) is 0 Å². The lowest BCUT2D eigenvalue weighted by Gasteiger charge is -2.15. The number of allylic oxidation sites excluding steroid dienone is 3. The van der Waals surface area contributed by atoms with E-state index >= 15 is 0 Å². The molecule has 0 aliphatic rings. The van der Waals surface area contributed by atoms with Gasteiger partial charge in [0, 0.05) is 20.5 Å². The number of nitrogens with zero attached hydrogens (tertiary/aromatic N) is 1. The molecule has 0 unspecified atom stereocenters. The van der Waals surface area contributed by atoms with Crippen molar-refractivity contribution in [1.82, 2.24) is 4.90 Å². The van der Waals surface area contributed by atoms with Crippen molar-refractivity contribution in [2.24, 2.45) is 0 Å². The van der Waals surface area contributed by atoms with E-state index in [1.54, 1.807) is 11.0 Å². The Balaban J connectivity index is 4.45. The van der Waals surface area contributed by atoms with Crippen molar-refractivity contribution in [3.63, 3.8) is 0 Å². The summed E-state index contributed by atoms with van der Waals surface area (Å²) in [6.07, 6.45) is 4.25. The maximum absolute atomic E-state index is 7.66. The summed E-state index contributed by atoms with van der Waals surface area (Å²) < 4.78 is 0. The zero-order valence-corrected chi connectivity index (χ0v) is 8.72.